The normalized spacial score (nSPS) is 12.1. The molecule has 0 radical (unpaired) electrons. The average molecular weight is 299 g/mol. The third kappa shape index (κ3) is 1.89. The van der Waals surface area contributed by atoms with Gasteiger partial charge in [-0.15, -0.1) is 0 Å². The Balaban J connectivity index is 2.52. The minimum absolute atomic E-state index is 0.0228. The smallest absolute Gasteiger partial charge is 0.329 e. The minimum Gasteiger partial charge on any atom is -0.329 e. The van der Waals surface area contributed by atoms with Crippen LogP contribution < -0.4 is 5.69 Å². The van der Waals surface area contributed by atoms with Crippen molar-refractivity contribution in [1.82, 2.24) is 19.6 Å². The van der Waals surface area contributed by atoms with Crippen LogP contribution in [0.3, 0.4) is 0 Å². The lowest BCUT2D eigenvalue weighted by molar-refractivity contribution is -0.387. The van der Waals surface area contributed by atoms with Gasteiger partial charge in [0.15, 0.2) is 0 Å². The second-order valence-electron chi connectivity index (χ2n) is 4.09. The van der Waals surface area contributed by atoms with Gasteiger partial charge >= 0.3 is 11.9 Å². The third-order valence-electron chi connectivity index (χ3n) is 2.85. The van der Waals surface area contributed by atoms with Crippen molar-refractivity contribution in [1.29, 1.82) is 0 Å². The summed E-state index contributed by atoms with van der Waals surface area (Å²) >= 11 is 0. The van der Waals surface area contributed by atoms with Crippen molar-refractivity contribution in [3.63, 3.8) is 0 Å². The van der Waals surface area contributed by atoms with Gasteiger partial charge in [0, 0.05) is 11.5 Å². The van der Waals surface area contributed by atoms with E-state index < -0.39 is 28.0 Å². The molecule has 0 bridgehead atoms. The van der Waals surface area contributed by atoms with Crippen molar-refractivity contribution >= 4 is 22.2 Å². The molecule has 21 heavy (non-hydrogen) atoms. The van der Waals surface area contributed by atoms with Gasteiger partial charge in [0.05, 0.1) is 10.4 Å². The molecule has 0 amide bonds. The van der Waals surface area contributed by atoms with E-state index in [1.165, 1.54) is 0 Å². The maximum Gasteiger partial charge on any atom is 0.423 e. The van der Waals surface area contributed by atoms with E-state index >= 15 is 0 Å². The average Bonchev–Trinajstić information content (AvgIpc) is 2.86. The summed E-state index contributed by atoms with van der Waals surface area (Å²) in [5.41, 5.74) is -3.68. The zero-order chi connectivity index (χ0) is 15.4. The van der Waals surface area contributed by atoms with Gasteiger partial charge in [-0.2, -0.15) is 27.8 Å². The van der Waals surface area contributed by atoms with E-state index in [1.54, 1.807) is 0 Å². The first-order valence-corrected chi connectivity index (χ1v) is 5.41. The van der Waals surface area contributed by atoms with Crippen molar-refractivity contribution < 1.29 is 18.1 Å². The Morgan fingerprint density at radius 2 is 2.05 bits per heavy atom. The molecule has 0 spiro atoms. The van der Waals surface area contributed by atoms with E-state index in [0.29, 0.717) is 12.1 Å². The maximum absolute atomic E-state index is 12.9. The minimum atomic E-state index is -4.91. The summed E-state index contributed by atoms with van der Waals surface area (Å²) < 4.78 is 39.5. The molecule has 3 aromatic rings. The highest BCUT2D eigenvalue weighted by molar-refractivity contribution is 5.93. The Kier molecular flexibility index (Phi) is 2.48. The van der Waals surface area contributed by atoms with Gasteiger partial charge in [-0.25, -0.2) is 4.79 Å². The number of halogens is 3. The van der Waals surface area contributed by atoms with E-state index in [0.717, 1.165) is 10.8 Å². The number of fused-ring (bicyclic) bond motifs is 3. The first-order valence-electron chi connectivity index (χ1n) is 5.41. The zero-order valence-electron chi connectivity index (χ0n) is 9.88. The number of benzene rings is 1. The van der Waals surface area contributed by atoms with Crippen LogP contribution in [-0.4, -0.2) is 24.5 Å². The molecule has 0 saturated carbocycles. The lowest BCUT2D eigenvalue weighted by Crippen LogP contribution is -2.18. The van der Waals surface area contributed by atoms with E-state index in [2.05, 4.69) is 15.1 Å². The maximum atomic E-state index is 12.9. The highest BCUT2D eigenvalue weighted by atomic mass is 19.4. The number of aromatic amines is 1. The number of hydrogen-bond acceptors (Lipinski definition) is 5. The lowest BCUT2D eigenvalue weighted by Gasteiger charge is -2.08. The molecule has 0 atom stereocenters. The molecule has 0 aliphatic carbocycles. The molecule has 0 aliphatic heterocycles. The molecular weight excluding hydrogens is 295 g/mol. The van der Waals surface area contributed by atoms with Crippen LogP contribution in [0.4, 0.5) is 18.9 Å². The standard InChI is InChI=1S/C10H4F3N5O3/c11-10(12,13)5-1-4-6(2-7(5)18(20)21)16-9(19)17-8(4)14-3-15-17/h1-3H,(H,14,15). The molecule has 8 nitrogen and oxygen atoms in total. The highest BCUT2D eigenvalue weighted by Crippen LogP contribution is 2.38. The van der Waals surface area contributed by atoms with Gasteiger partial charge in [-0.05, 0) is 6.07 Å². The van der Waals surface area contributed by atoms with Crippen LogP contribution >= 0.6 is 0 Å². The van der Waals surface area contributed by atoms with Crippen LogP contribution in [0.25, 0.3) is 16.6 Å². The molecule has 1 aromatic carbocycles. The topological polar surface area (TPSA) is 106 Å². The number of hydrogen-bond donors (Lipinski definition) is 1. The molecule has 0 unspecified atom stereocenters. The Labute approximate surface area is 112 Å². The fourth-order valence-corrected chi connectivity index (χ4v) is 1.99. The molecule has 1 N–H and O–H groups in total. The van der Waals surface area contributed by atoms with E-state index in [4.69, 9.17) is 0 Å². The van der Waals surface area contributed by atoms with Crippen molar-refractivity contribution in [3.05, 3.63) is 44.6 Å². The number of nitro benzene ring substituents is 1. The first kappa shape index (κ1) is 13.0. The zero-order valence-corrected chi connectivity index (χ0v) is 9.88. The molecule has 0 aliphatic rings. The summed E-state index contributed by atoms with van der Waals surface area (Å²) in [6.07, 6.45) is -3.81. The summed E-state index contributed by atoms with van der Waals surface area (Å²) in [5.74, 6) is 0. The predicted octanol–water partition coefficient (Wildman–Crippen LogP) is 1.50. The van der Waals surface area contributed by atoms with Crippen molar-refractivity contribution in [2.45, 2.75) is 6.18 Å². The Morgan fingerprint density at radius 1 is 1.33 bits per heavy atom. The van der Waals surface area contributed by atoms with Crippen molar-refractivity contribution in [3.8, 4) is 0 Å². The van der Waals surface area contributed by atoms with Gasteiger partial charge in [-0.1, -0.05) is 0 Å². The molecule has 108 valence electrons. The highest BCUT2D eigenvalue weighted by Gasteiger charge is 2.39. The Hall–Kier alpha value is -2.98. The lowest BCUT2D eigenvalue weighted by atomic mass is 10.1. The predicted molar refractivity (Wildman–Crippen MR) is 62.8 cm³/mol. The second-order valence-corrected chi connectivity index (χ2v) is 4.09. The molecule has 11 heteroatoms. The summed E-state index contributed by atoms with van der Waals surface area (Å²) in [6.45, 7) is 0. The molecular formula is C10H4F3N5O3. The first-order chi connectivity index (χ1) is 9.79. The van der Waals surface area contributed by atoms with E-state index in [1.807, 2.05) is 0 Å². The van der Waals surface area contributed by atoms with E-state index in [9.17, 15) is 28.1 Å². The fraction of sp³-hybridized carbons (Fsp3) is 0.100. The van der Waals surface area contributed by atoms with Crippen molar-refractivity contribution in [2.24, 2.45) is 0 Å². The molecule has 2 aromatic heterocycles. The number of nitrogens with zero attached hydrogens (tertiary/aromatic N) is 4. The Morgan fingerprint density at radius 3 is 2.67 bits per heavy atom. The van der Waals surface area contributed by atoms with E-state index in [-0.39, 0.29) is 16.6 Å². The number of nitro groups is 1. The molecule has 0 fully saturated rings. The molecule has 3 rings (SSSR count). The largest absolute Gasteiger partial charge is 0.423 e. The molecule has 0 saturated heterocycles. The number of H-pyrrole nitrogens is 1. The summed E-state index contributed by atoms with van der Waals surface area (Å²) in [4.78, 5) is 27.2. The number of rotatable bonds is 1. The fourth-order valence-electron chi connectivity index (χ4n) is 1.99. The van der Waals surface area contributed by atoms with Gasteiger partial charge < -0.3 is 4.98 Å². The Bertz CT molecular complexity index is 943. The quantitative estimate of drug-likeness (QED) is 0.541. The van der Waals surface area contributed by atoms with Crippen LogP contribution in [0.2, 0.25) is 0 Å². The summed E-state index contributed by atoms with van der Waals surface area (Å²) in [6, 6.07) is 1.20. The monoisotopic (exact) mass is 299 g/mol. The van der Waals surface area contributed by atoms with Crippen LogP contribution in [-0.2, 0) is 6.18 Å². The second kappa shape index (κ2) is 4.01. The number of nitrogens with one attached hydrogen (secondary N) is 1. The molecule has 2 heterocycles. The van der Waals surface area contributed by atoms with Gasteiger partial charge in [-0.3, -0.25) is 10.1 Å². The van der Waals surface area contributed by atoms with Crippen LogP contribution in [0.5, 0.6) is 0 Å². The number of alkyl halides is 3. The summed E-state index contributed by atoms with van der Waals surface area (Å²) in [7, 11) is 0. The van der Waals surface area contributed by atoms with Crippen LogP contribution in [0.1, 0.15) is 5.56 Å². The SMILES string of the molecule is O=c1nc2cc([N+](=O)[O-])c(C(F)(F)F)cc2c2[nH]cnn12. The van der Waals surface area contributed by atoms with Crippen LogP contribution in [0.15, 0.2) is 23.3 Å². The number of aromatic nitrogens is 4. The van der Waals surface area contributed by atoms with Gasteiger partial charge in [0.1, 0.15) is 17.5 Å². The van der Waals surface area contributed by atoms with Crippen LogP contribution in [0, 0.1) is 10.1 Å². The van der Waals surface area contributed by atoms with Gasteiger partial charge in [0.25, 0.3) is 5.69 Å². The van der Waals surface area contributed by atoms with Crippen molar-refractivity contribution in [2.75, 3.05) is 0 Å². The third-order valence-corrected chi connectivity index (χ3v) is 2.85. The van der Waals surface area contributed by atoms with Gasteiger partial charge in [0.2, 0.25) is 0 Å². The summed E-state index contributed by atoms with van der Waals surface area (Å²) in [5, 5.41) is 14.3.